The van der Waals surface area contributed by atoms with Gasteiger partial charge in [-0.2, -0.15) is 0 Å². The zero-order valence-corrected chi connectivity index (χ0v) is 21.6. The topological polar surface area (TPSA) is 147 Å². The molecular formula is C26H27BrN2O8. The van der Waals surface area contributed by atoms with Crippen molar-refractivity contribution in [1.82, 2.24) is 5.32 Å². The summed E-state index contributed by atoms with van der Waals surface area (Å²) in [5, 5.41) is 37.4. The zero-order valence-electron chi connectivity index (χ0n) is 20.1. The second-order valence-corrected chi connectivity index (χ2v) is 9.46. The van der Waals surface area contributed by atoms with Gasteiger partial charge in [-0.15, -0.1) is 0 Å². The summed E-state index contributed by atoms with van der Waals surface area (Å²) in [7, 11) is 1.49. The number of rotatable bonds is 7. The Morgan fingerprint density at radius 2 is 1.78 bits per heavy atom. The van der Waals surface area contributed by atoms with Crippen LogP contribution in [0.5, 0.6) is 11.5 Å². The minimum Gasteiger partial charge on any atom is -0.495 e. The highest BCUT2D eigenvalue weighted by molar-refractivity contribution is 9.10. The SMILES string of the molecule is COc1ccccc1NC(=O)c1cc2cc(Br)ccc2cc1O[C@H]1O[C@@H](CO)[C@@H](O)[C@@H](O)[C@@H]1NC(C)=O. The first-order chi connectivity index (χ1) is 17.7. The van der Waals surface area contributed by atoms with Gasteiger partial charge in [-0.05, 0) is 47.2 Å². The van der Waals surface area contributed by atoms with Gasteiger partial charge in [0.2, 0.25) is 12.2 Å². The fourth-order valence-electron chi connectivity index (χ4n) is 4.16. The van der Waals surface area contributed by atoms with Crippen LogP contribution in [0.1, 0.15) is 17.3 Å². The third-order valence-electron chi connectivity index (χ3n) is 5.99. The highest BCUT2D eigenvalue weighted by Crippen LogP contribution is 2.33. The number of amides is 2. The van der Waals surface area contributed by atoms with Gasteiger partial charge in [0.1, 0.15) is 35.9 Å². The van der Waals surface area contributed by atoms with E-state index in [9.17, 15) is 24.9 Å². The van der Waals surface area contributed by atoms with E-state index in [-0.39, 0.29) is 11.3 Å². The van der Waals surface area contributed by atoms with Crippen LogP contribution in [-0.2, 0) is 9.53 Å². The smallest absolute Gasteiger partial charge is 0.259 e. The van der Waals surface area contributed by atoms with E-state index in [0.29, 0.717) is 11.4 Å². The van der Waals surface area contributed by atoms with Crippen LogP contribution in [-0.4, -0.2) is 71.5 Å². The van der Waals surface area contributed by atoms with Crippen molar-refractivity contribution in [1.29, 1.82) is 0 Å². The summed E-state index contributed by atoms with van der Waals surface area (Å²) in [5.74, 6) is -0.435. The average Bonchev–Trinajstić information content (AvgIpc) is 2.88. The number of hydrogen-bond donors (Lipinski definition) is 5. The van der Waals surface area contributed by atoms with Gasteiger partial charge in [0.25, 0.3) is 5.91 Å². The first-order valence-corrected chi connectivity index (χ1v) is 12.2. The maximum atomic E-state index is 13.5. The van der Waals surface area contributed by atoms with Crippen molar-refractivity contribution in [2.45, 2.75) is 37.6 Å². The van der Waals surface area contributed by atoms with Crippen molar-refractivity contribution in [2.75, 3.05) is 19.0 Å². The number of nitrogens with one attached hydrogen (secondary N) is 2. The standard InChI is InChI=1S/C26H27BrN2O8/c1-13(31)28-22-24(33)23(32)21(12-30)37-26(22)36-20-11-14-7-8-16(27)9-15(14)10-17(20)25(34)29-18-5-3-4-6-19(18)35-2/h3-11,21-24,26,30,32-33H,12H2,1-2H3,(H,28,31)(H,29,34)/t21-,22-,23+,24-,26-/m0/s1. The molecule has 0 spiro atoms. The van der Waals surface area contributed by atoms with Crippen LogP contribution in [0.2, 0.25) is 0 Å². The molecule has 3 aromatic rings. The van der Waals surface area contributed by atoms with Crippen molar-refractivity contribution in [3.63, 3.8) is 0 Å². The predicted molar refractivity (Wildman–Crippen MR) is 139 cm³/mol. The number of para-hydroxylation sites is 2. The van der Waals surface area contributed by atoms with Crippen molar-refractivity contribution >= 4 is 44.2 Å². The molecule has 10 nitrogen and oxygen atoms in total. The number of carbonyl (C=O) groups is 2. The highest BCUT2D eigenvalue weighted by Gasteiger charge is 2.46. The maximum absolute atomic E-state index is 13.5. The quantitative estimate of drug-likeness (QED) is 0.288. The maximum Gasteiger partial charge on any atom is 0.259 e. The van der Waals surface area contributed by atoms with Crippen LogP contribution in [0.25, 0.3) is 10.8 Å². The molecule has 0 bridgehead atoms. The van der Waals surface area contributed by atoms with Crippen molar-refractivity contribution in [3.05, 3.63) is 64.6 Å². The second kappa shape index (κ2) is 11.4. The molecule has 1 fully saturated rings. The van der Waals surface area contributed by atoms with Crippen LogP contribution in [0.3, 0.4) is 0 Å². The van der Waals surface area contributed by atoms with Crippen LogP contribution in [0.4, 0.5) is 5.69 Å². The number of hydrogen-bond acceptors (Lipinski definition) is 8. The average molecular weight is 575 g/mol. The molecule has 196 valence electrons. The van der Waals surface area contributed by atoms with Gasteiger partial charge in [-0.3, -0.25) is 9.59 Å². The number of carbonyl (C=O) groups excluding carboxylic acids is 2. The normalized spacial score (nSPS) is 23.4. The van der Waals surface area contributed by atoms with Crippen LogP contribution < -0.4 is 20.1 Å². The van der Waals surface area contributed by atoms with Gasteiger partial charge in [0.15, 0.2) is 0 Å². The molecule has 5 atom stereocenters. The second-order valence-electron chi connectivity index (χ2n) is 8.55. The minimum absolute atomic E-state index is 0.0999. The Kier molecular flexibility index (Phi) is 8.30. The van der Waals surface area contributed by atoms with Crippen molar-refractivity contribution in [2.24, 2.45) is 0 Å². The Hall–Kier alpha value is -3.22. The van der Waals surface area contributed by atoms with E-state index in [2.05, 4.69) is 26.6 Å². The summed E-state index contributed by atoms with van der Waals surface area (Å²) in [4.78, 5) is 25.3. The molecule has 0 aromatic heterocycles. The summed E-state index contributed by atoms with van der Waals surface area (Å²) in [6.07, 6.45) is -5.47. The molecule has 1 heterocycles. The summed E-state index contributed by atoms with van der Waals surface area (Å²) in [6, 6.07) is 14.5. The summed E-state index contributed by atoms with van der Waals surface area (Å²) < 4.78 is 17.9. The molecular weight excluding hydrogens is 548 g/mol. The van der Waals surface area contributed by atoms with E-state index in [4.69, 9.17) is 14.2 Å². The van der Waals surface area contributed by atoms with E-state index < -0.39 is 49.1 Å². The van der Waals surface area contributed by atoms with Crippen LogP contribution >= 0.6 is 15.9 Å². The largest absolute Gasteiger partial charge is 0.495 e. The molecule has 0 unspecified atom stereocenters. The van der Waals surface area contributed by atoms with Gasteiger partial charge >= 0.3 is 0 Å². The fourth-order valence-corrected chi connectivity index (χ4v) is 4.54. The molecule has 4 rings (SSSR count). The highest BCUT2D eigenvalue weighted by atomic mass is 79.9. The Labute approximate surface area is 221 Å². The molecule has 1 aliphatic heterocycles. The monoisotopic (exact) mass is 574 g/mol. The van der Waals surface area contributed by atoms with E-state index in [1.54, 1.807) is 36.4 Å². The minimum atomic E-state index is -1.50. The number of fused-ring (bicyclic) bond motifs is 1. The molecule has 1 aliphatic rings. The Morgan fingerprint density at radius 1 is 1.03 bits per heavy atom. The number of anilines is 1. The number of aliphatic hydroxyl groups is 3. The lowest BCUT2D eigenvalue weighted by atomic mass is 9.96. The zero-order chi connectivity index (χ0) is 26.7. The lowest BCUT2D eigenvalue weighted by Gasteiger charge is -2.42. The molecule has 5 N–H and O–H groups in total. The van der Waals surface area contributed by atoms with Crippen LogP contribution in [0, 0.1) is 0 Å². The molecule has 0 saturated carbocycles. The van der Waals surface area contributed by atoms with E-state index in [1.165, 1.54) is 14.0 Å². The van der Waals surface area contributed by atoms with Crippen molar-refractivity contribution < 1.29 is 39.1 Å². The number of benzene rings is 3. The first-order valence-electron chi connectivity index (χ1n) is 11.5. The summed E-state index contributed by atoms with van der Waals surface area (Å²) in [6.45, 7) is 0.645. The van der Waals surface area contributed by atoms with Gasteiger partial charge in [-0.25, -0.2) is 0 Å². The lowest BCUT2D eigenvalue weighted by molar-refractivity contribution is -0.244. The predicted octanol–water partition coefficient (Wildman–Crippen LogP) is 2.19. The summed E-state index contributed by atoms with van der Waals surface area (Å²) in [5.41, 5.74) is 0.585. The summed E-state index contributed by atoms with van der Waals surface area (Å²) >= 11 is 3.44. The van der Waals surface area contributed by atoms with Crippen LogP contribution in [0.15, 0.2) is 59.1 Å². The van der Waals surface area contributed by atoms with E-state index >= 15 is 0 Å². The first kappa shape index (κ1) is 26.8. The molecule has 0 aliphatic carbocycles. The molecule has 1 saturated heterocycles. The molecule has 0 radical (unpaired) electrons. The number of methoxy groups -OCH3 is 1. The fraction of sp³-hybridized carbons (Fsp3) is 0.308. The molecule has 3 aromatic carbocycles. The molecule has 37 heavy (non-hydrogen) atoms. The third-order valence-corrected chi connectivity index (χ3v) is 6.49. The van der Waals surface area contributed by atoms with Gasteiger partial charge in [-0.1, -0.05) is 34.1 Å². The lowest BCUT2D eigenvalue weighted by Crippen LogP contribution is -2.65. The van der Waals surface area contributed by atoms with Crippen molar-refractivity contribution in [3.8, 4) is 11.5 Å². The number of aliphatic hydroxyl groups excluding tert-OH is 3. The Balaban J connectivity index is 1.75. The number of halogens is 1. The van der Waals surface area contributed by atoms with E-state index in [0.717, 1.165) is 15.2 Å². The molecule has 2 amide bonds. The van der Waals surface area contributed by atoms with E-state index in [1.807, 2.05) is 18.2 Å². The van der Waals surface area contributed by atoms with Gasteiger partial charge < -0.3 is 40.2 Å². The number of ether oxygens (including phenoxy) is 3. The molecule has 11 heteroatoms. The Bertz CT molecular complexity index is 1300. The third kappa shape index (κ3) is 5.86. The van der Waals surface area contributed by atoms with Gasteiger partial charge in [0.05, 0.1) is 25.0 Å². The Morgan fingerprint density at radius 3 is 2.49 bits per heavy atom. The van der Waals surface area contributed by atoms with Gasteiger partial charge in [0, 0.05) is 11.4 Å².